The Morgan fingerprint density at radius 2 is 1.50 bits per heavy atom. The van der Waals surface area contributed by atoms with Gasteiger partial charge in [0, 0.05) is 18.7 Å². The lowest BCUT2D eigenvalue weighted by atomic mass is 9.48. The first-order valence-electron chi connectivity index (χ1n) is 16.2. The van der Waals surface area contributed by atoms with Crippen LogP contribution in [0.1, 0.15) is 75.9 Å². The van der Waals surface area contributed by atoms with E-state index in [0.717, 1.165) is 36.0 Å². The molecule has 3 aromatic rings. The molecule has 7 nitrogen and oxygen atoms in total. The van der Waals surface area contributed by atoms with Gasteiger partial charge < -0.3 is 24.1 Å². The number of aromatic carboxylic acids is 1. The summed E-state index contributed by atoms with van der Waals surface area (Å²) in [6, 6.07) is 20.4. The average molecular weight is 623 g/mol. The summed E-state index contributed by atoms with van der Waals surface area (Å²) in [5.41, 5.74) is 3.54. The van der Waals surface area contributed by atoms with Gasteiger partial charge in [-0.25, -0.2) is 4.79 Å². The number of ether oxygens (including phenoxy) is 4. The number of carboxylic acid groups (broad SMARTS) is 1. The fraction of sp³-hybridized carbons (Fsp3) is 0.385. The number of benzene rings is 3. The van der Waals surface area contributed by atoms with Gasteiger partial charge in [-0.05, 0) is 103 Å². The van der Waals surface area contributed by atoms with E-state index in [2.05, 4.69) is 0 Å². The topological polar surface area (TPSA) is 91.3 Å². The van der Waals surface area contributed by atoms with Crippen molar-refractivity contribution in [2.24, 2.45) is 17.8 Å². The van der Waals surface area contributed by atoms with Gasteiger partial charge in [-0.2, -0.15) is 0 Å². The van der Waals surface area contributed by atoms with Crippen LogP contribution in [-0.4, -0.2) is 50.6 Å². The molecule has 4 bridgehead atoms. The normalized spacial score (nSPS) is 23.3. The van der Waals surface area contributed by atoms with Crippen LogP contribution in [0.25, 0.3) is 12.2 Å². The molecule has 7 heteroatoms. The average Bonchev–Trinajstić information content (AvgIpc) is 3.05. The molecule has 0 unspecified atom stereocenters. The van der Waals surface area contributed by atoms with E-state index in [9.17, 15) is 14.7 Å². The van der Waals surface area contributed by atoms with Crippen molar-refractivity contribution in [3.63, 3.8) is 0 Å². The Balaban J connectivity index is 1.33. The molecule has 7 rings (SSSR count). The molecular formula is C39H42O7. The molecule has 1 N–H and O–H groups in total. The Bertz CT molecular complexity index is 1540. The number of ketones is 1. The summed E-state index contributed by atoms with van der Waals surface area (Å²) < 4.78 is 23.5. The van der Waals surface area contributed by atoms with Crippen molar-refractivity contribution in [1.29, 1.82) is 0 Å². The molecule has 3 aromatic carbocycles. The quantitative estimate of drug-likeness (QED) is 0.0799. The number of carbonyl (C=O) groups is 2. The lowest BCUT2D eigenvalue weighted by Gasteiger charge is -2.57. The fourth-order valence-electron chi connectivity index (χ4n) is 8.04. The van der Waals surface area contributed by atoms with Crippen LogP contribution in [0.15, 0.2) is 78.9 Å². The zero-order chi connectivity index (χ0) is 31.9. The largest absolute Gasteiger partial charge is 0.489 e. The number of rotatable bonds is 15. The second-order valence-corrected chi connectivity index (χ2v) is 13.0. The lowest BCUT2D eigenvalue weighted by molar-refractivity contribution is -0.0190. The van der Waals surface area contributed by atoms with Gasteiger partial charge in [0.15, 0.2) is 12.6 Å². The van der Waals surface area contributed by atoms with Crippen LogP contribution in [0.4, 0.5) is 0 Å². The summed E-state index contributed by atoms with van der Waals surface area (Å²) in [4.78, 5) is 25.2. The number of methoxy groups -OCH3 is 1. The molecule has 0 aliphatic heterocycles. The number of hydrogen-bond acceptors (Lipinski definition) is 6. The van der Waals surface area contributed by atoms with E-state index in [-0.39, 0.29) is 30.2 Å². The molecular weight excluding hydrogens is 580 g/mol. The number of carboxylic acids is 1. The molecule has 0 heterocycles. The van der Waals surface area contributed by atoms with Gasteiger partial charge in [0.1, 0.15) is 18.1 Å². The van der Waals surface area contributed by atoms with Crippen molar-refractivity contribution in [2.45, 2.75) is 43.9 Å². The van der Waals surface area contributed by atoms with E-state index in [1.54, 1.807) is 25.3 Å². The second kappa shape index (κ2) is 14.5. The van der Waals surface area contributed by atoms with Crippen molar-refractivity contribution < 1.29 is 33.6 Å². The zero-order valence-electron chi connectivity index (χ0n) is 26.4. The van der Waals surface area contributed by atoms with Crippen molar-refractivity contribution in [3.05, 3.63) is 107 Å². The minimum atomic E-state index is -0.988. The maximum absolute atomic E-state index is 13.9. The van der Waals surface area contributed by atoms with E-state index in [0.29, 0.717) is 48.0 Å². The van der Waals surface area contributed by atoms with Crippen LogP contribution in [0.3, 0.4) is 0 Å². The molecule has 0 aromatic heterocycles. The SMILES string of the molecule is COCCOCOc1cc(OC/C=C/c2ccccc2)c(C(=O)/C=C/c2ccc(C(=O)O)cc2)cc1C12CC3CC(CC(C3)C1)C2. The smallest absolute Gasteiger partial charge is 0.335 e. The molecule has 4 fully saturated rings. The summed E-state index contributed by atoms with van der Waals surface area (Å²) >= 11 is 0. The minimum Gasteiger partial charge on any atom is -0.489 e. The zero-order valence-corrected chi connectivity index (χ0v) is 26.4. The summed E-state index contributed by atoms with van der Waals surface area (Å²) in [6.07, 6.45) is 14.4. The highest BCUT2D eigenvalue weighted by Gasteiger charge is 2.52. The molecule has 0 atom stereocenters. The van der Waals surface area contributed by atoms with Crippen LogP contribution < -0.4 is 9.47 Å². The fourth-order valence-corrected chi connectivity index (χ4v) is 8.04. The lowest BCUT2D eigenvalue weighted by Crippen LogP contribution is -2.48. The number of hydrogen-bond donors (Lipinski definition) is 1. The van der Waals surface area contributed by atoms with Gasteiger partial charge in [0.25, 0.3) is 0 Å². The Morgan fingerprint density at radius 1 is 0.826 bits per heavy atom. The van der Waals surface area contributed by atoms with Crippen LogP contribution >= 0.6 is 0 Å². The molecule has 4 aliphatic carbocycles. The molecule has 4 saturated carbocycles. The van der Waals surface area contributed by atoms with Crippen molar-refractivity contribution in [2.75, 3.05) is 33.7 Å². The van der Waals surface area contributed by atoms with E-state index in [1.165, 1.54) is 37.5 Å². The third-order valence-electron chi connectivity index (χ3n) is 9.72. The Labute approximate surface area is 270 Å². The highest BCUT2D eigenvalue weighted by Crippen LogP contribution is 2.62. The van der Waals surface area contributed by atoms with Crippen LogP contribution in [0, 0.1) is 17.8 Å². The van der Waals surface area contributed by atoms with E-state index in [4.69, 9.17) is 18.9 Å². The number of allylic oxidation sites excluding steroid dienone is 1. The Hall–Kier alpha value is -4.20. The second-order valence-electron chi connectivity index (χ2n) is 13.0. The molecule has 4 aliphatic rings. The number of carbonyl (C=O) groups excluding carboxylic acids is 1. The monoisotopic (exact) mass is 622 g/mol. The van der Waals surface area contributed by atoms with Crippen LogP contribution in [-0.2, 0) is 14.9 Å². The maximum atomic E-state index is 13.9. The van der Waals surface area contributed by atoms with Crippen molar-refractivity contribution in [1.82, 2.24) is 0 Å². The van der Waals surface area contributed by atoms with Gasteiger partial charge in [-0.15, -0.1) is 0 Å². The molecule has 0 amide bonds. The van der Waals surface area contributed by atoms with E-state index in [1.807, 2.05) is 54.6 Å². The first kappa shape index (κ1) is 31.8. The third-order valence-corrected chi connectivity index (χ3v) is 9.72. The molecule has 0 radical (unpaired) electrons. The molecule has 46 heavy (non-hydrogen) atoms. The summed E-state index contributed by atoms with van der Waals surface area (Å²) in [5.74, 6) is 2.13. The summed E-state index contributed by atoms with van der Waals surface area (Å²) in [5, 5.41) is 9.24. The Kier molecular flexibility index (Phi) is 10.0. The van der Waals surface area contributed by atoms with Gasteiger partial charge in [0.05, 0.1) is 24.3 Å². The summed E-state index contributed by atoms with van der Waals surface area (Å²) in [7, 11) is 1.64. The van der Waals surface area contributed by atoms with Gasteiger partial charge >= 0.3 is 5.97 Å². The highest BCUT2D eigenvalue weighted by molar-refractivity contribution is 6.09. The molecule has 0 spiro atoms. The minimum absolute atomic E-state index is 0.0340. The summed E-state index contributed by atoms with van der Waals surface area (Å²) in [6.45, 7) is 1.25. The van der Waals surface area contributed by atoms with Crippen LogP contribution in [0.2, 0.25) is 0 Å². The predicted molar refractivity (Wildman–Crippen MR) is 177 cm³/mol. The Morgan fingerprint density at radius 3 is 2.15 bits per heavy atom. The first-order chi connectivity index (χ1) is 22.4. The highest BCUT2D eigenvalue weighted by atomic mass is 16.7. The van der Waals surface area contributed by atoms with E-state index < -0.39 is 5.97 Å². The van der Waals surface area contributed by atoms with Crippen molar-refractivity contribution >= 4 is 23.9 Å². The molecule has 0 saturated heterocycles. The standard InChI is InChI=1S/C39H42O7/c1-43-16-17-44-26-46-37-22-36(45-15-5-8-27-6-3-2-4-7-27)33(35(40)14-11-28-9-12-32(13-10-28)38(41)42)21-34(37)39-23-29-18-30(24-39)20-31(19-29)25-39/h2-14,21-22,29-31H,15-20,23-26H2,1H3,(H,41,42)/b8-5+,14-11+. The van der Waals surface area contributed by atoms with Gasteiger partial charge in [-0.3, -0.25) is 4.79 Å². The first-order valence-corrected chi connectivity index (χ1v) is 16.2. The van der Waals surface area contributed by atoms with Gasteiger partial charge in [0.2, 0.25) is 0 Å². The van der Waals surface area contributed by atoms with Crippen molar-refractivity contribution in [3.8, 4) is 11.5 Å². The van der Waals surface area contributed by atoms with Gasteiger partial charge in [-0.1, -0.05) is 54.6 Å². The predicted octanol–water partition coefficient (Wildman–Crippen LogP) is 7.84. The van der Waals surface area contributed by atoms with E-state index >= 15 is 0 Å². The maximum Gasteiger partial charge on any atom is 0.335 e. The molecule has 240 valence electrons. The van der Waals surface area contributed by atoms with Crippen LogP contribution in [0.5, 0.6) is 11.5 Å². The third kappa shape index (κ3) is 7.43.